The fourth-order valence-corrected chi connectivity index (χ4v) is 3.62. The lowest BCUT2D eigenvalue weighted by molar-refractivity contribution is -0.139. The minimum absolute atomic E-state index is 0.00616. The molecule has 1 aliphatic rings. The third-order valence-corrected chi connectivity index (χ3v) is 4.90. The van der Waals surface area contributed by atoms with E-state index in [4.69, 9.17) is 4.74 Å². The summed E-state index contributed by atoms with van der Waals surface area (Å²) in [4.78, 5) is 12.8. The third kappa shape index (κ3) is 3.21. The first-order valence-electron chi connectivity index (χ1n) is 9.04. The zero-order valence-electron chi connectivity index (χ0n) is 14.4. The first-order chi connectivity index (χ1) is 10.7. The van der Waals surface area contributed by atoms with Crippen LogP contribution in [0.5, 0.6) is 5.75 Å². The summed E-state index contributed by atoms with van der Waals surface area (Å²) in [5, 5.41) is 0. The first kappa shape index (κ1) is 17.1. The fraction of sp³-hybridized carbons (Fsp3) is 0.650. The van der Waals surface area contributed by atoms with Gasteiger partial charge >= 0.3 is 5.97 Å². The lowest BCUT2D eigenvalue weighted by Gasteiger charge is -2.27. The molecular formula is C20H30O2. The minimum Gasteiger partial charge on any atom is -0.426 e. The molecular weight excluding hydrogens is 272 g/mol. The van der Waals surface area contributed by atoms with Gasteiger partial charge in [0.25, 0.3) is 0 Å². The zero-order chi connectivity index (χ0) is 16.0. The summed E-state index contributed by atoms with van der Waals surface area (Å²) in [5.41, 5.74) is 2.17. The Morgan fingerprint density at radius 3 is 2.18 bits per heavy atom. The molecule has 0 spiro atoms. The van der Waals surface area contributed by atoms with E-state index in [0.29, 0.717) is 0 Å². The number of hydrogen-bond donors (Lipinski definition) is 0. The van der Waals surface area contributed by atoms with Crippen molar-refractivity contribution >= 4 is 5.97 Å². The quantitative estimate of drug-likeness (QED) is 0.440. The Labute approximate surface area is 135 Å². The SMILES string of the molecule is CCCCc1cccc2c1C(CCCC)(CCCC)C(=O)O2. The Balaban J connectivity index is 2.44. The standard InChI is InChI=1S/C20H30O2/c1-4-7-11-16-12-10-13-17-18(16)20(14-8-5-2,15-9-6-3)19(21)22-17/h10,12-13H,4-9,11,14-15H2,1-3H3. The van der Waals surface area contributed by atoms with E-state index < -0.39 is 0 Å². The van der Waals surface area contributed by atoms with Gasteiger partial charge in [0.1, 0.15) is 5.75 Å². The van der Waals surface area contributed by atoms with E-state index in [0.717, 1.165) is 50.7 Å². The molecule has 1 heterocycles. The summed E-state index contributed by atoms with van der Waals surface area (Å²) >= 11 is 0. The van der Waals surface area contributed by atoms with Crippen LogP contribution in [0, 0.1) is 0 Å². The number of fused-ring (bicyclic) bond motifs is 1. The maximum Gasteiger partial charge on any atom is 0.322 e. The predicted molar refractivity (Wildman–Crippen MR) is 91.4 cm³/mol. The highest BCUT2D eigenvalue weighted by Gasteiger charge is 2.48. The Morgan fingerprint density at radius 2 is 1.59 bits per heavy atom. The average molecular weight is 302 g/mol. The van der Waals surface area contributed by atoms with Crippen molar-refractivity contribution in [2.24, 2.45) is 0 Å². The molecule has 0 unspecified atom stereocenters. The molecule has 0 amide bonds. The van der Waals surface area contributed by atoms with Crippen LogP contribution in [-0.2, 0) is 16.6 Å². The summed E-state index contributed by atoms with van der Waals surface area (Å²) in [5.74, 6) is 0.819. The topological polar surface area (TPSA) is 26.3 Å². The van der Waals surface area contributed by atoms with Crippen molar-refractivity contribution in [3.05, 3.63) is 29.3 Å². The van der Waals surface area contributed by atoms with Gasteiger partial charge in [-0.25, -0.2) is 0 Å². The molecule has 1 aromatic rings. The highest BCUT2D eigenvalue weighted by molar-refractivity contribution is 5.91. The third-order valence-electron chi connectivity index (χ3n) is 4.90. The van der Waals surface area contributed by atoms with Gasteiger partial charge < -0.3 is 4.74 Å². The molecule has 0 atom stereocenters. The van der Waals surface area contributed by atoms with Gasteiger partial charge in [-0.2, -0.15) is 0 Å². The maximum absolute atomic E-state index is 12.8. The van der Waals surface area contributed by atoms with Gasteiger partial charge in [0.2, 0.25) is 0 Å². The second kappa shape index (κ2) is 7.80. The summed E-state index contributed by atoms with van der Waals surface area (Å²) in [7, 11) is 0. The van der Waals surface area contributed by atoms with Crippen LogP contribution in [0.4, 0.5) is 0 Å². The van der Waals surface area contributed by atoms with Crippen LogP contribution in [0.15, 0.2) is 18.2 Å². The summed E-state index contributed by atoms with van der Waals surface area (Å²) in [6.07, 6.45) is 9.66. The van der Waals surface area contributed by atoms with Gasteiger partial charge in [-0.3, -0.25) is 4.79 Å². The molecule has 122 valence electrons. The predicted octanol–water partition coefficient (Wildman–Crippen LogP) is 5.57. The Bertz CT molecular complexity index is 496. The summed E-state index contributed by atoms with van der Waals surface area (Å²) < 4.78 is 5.70. The molecule has 0 bridgehead atoms. The molecule has 0 saturated carbocycles. The van der Waals surface area contributed by atoms with Crippen LogP contribution in [0.1, 0.15) is 83.3 Å². The van der Waals surface area contributed by atoms with Crippen molar-refractivity contribution in [3.63, 3.8) is 0 Å². The second-order valence-corrected chi connectivity index (χ2v) is 6.57. The van der Waals surface area contributed by atoms with Gasteiger partial charge in [0.15, 0.2) is 0 Å². The Kier molecular flexibility index (Phi) is 6.05. The van der Waals surface area contributed by atoms with E-state index in [1.165, 1.54) is 24.0 Å². The number of esters is 1. The van der Waals surface area contributed by atoms with Crippen molar-refractivity contribution in [1.82, 2.24) is 0 Å². The molecule has 0 N–H and O–H groups in total. The normalized spacial score (nSPS) is 15.7. The monoisotopic (exact) mass is 302 g/mol. The van der Waals surface area contributed by atoms with E-state index in [-0.39, 0.29) is 11.4 Å². The number of carbonyl (C=O) groups excluding carboxylic acids is 1. The van der Waals surface area contributed by atoms with Crippen molar-refractivity contribution in [3.8, 4) is 5.75 Å². The van der Waals surface area contributed by atoms with Gasteiger partial charge in [-0.15, -0.1) is 0 Å². The van der Waals surface area contributed by atoms with Gasteiger partial charge in [-0.05, 0) is 37.3 Å². The zero-order valence-corrected chi connectivity index (χ0v) is 14.4. The Morgan fingerprint density at radius 1 is 0.955 bits per heavy atom. The van der Waals surface area contributed by atoms with E-state index in [2.05, 4.69) is 26.8 Å². The molecule has 0 fully saturated rings. The number of unbranched alkanes of at least 4 members (excludes halogenated alkanes) is 3. The largest absolute Gasteiger partial charge is 0.426 e. The van der Waals surface area contributed by atoms with E-state index in [1.807, 2.05) is 12.1 Å². The highest BCUT2D eigenvalue weighted by Crippen LogP contribution is 2.48. The molecule has 1 aromatic carbocycles. The lowest BCUT2D eigenvalue weighted by Crippen LogP contribution is -2.34. The van der Waals surface area contributed by atoms with Crippen LogP contribution < -0.4 is 4.74 Å². The van der Waals surface area contributed by atoms with Crippen LogP contribution >= 0.6 is 0 Å². The minimum atomic E-state index is -0.383. The number of carbonyl (C=O) groups is 1. The van der Waals surface area contributed by atoms with E-state index >= 15 is 0 Å². The molecule has 22 heavy (non-hydrogen) atoms. The van der Waals surface area contributed by atoms with Crippen LogP contribution in [-0.4, -0.2) is 5.97 Å². The van der Waals surface area contributed by atoms with Crippen molar-refractivity contribution in [2.75, 3.05) is 0 Å². The molecule has 0 radical (unpaired) electrons. The summed E-state index contributed by atoms with van der Waals surface area (Å²) in [6.45, 7) is 6.60. The average Bonchev–Trinajstić information content (AvgIpc) is 2.81. The smallest absolute Gasteiger partial charge is 0.322 e. The molecule has 2 heteroatoms. The second-order valence-electron chi connectivity index (χ2n) is 6.57. The van der Waals surface area contributed by atoms with Crippen molar-refractivity contribution in [2.45, 2.75) is 84.0 Å². The maximum atomic E-state index is 12.8. The highest BCUT2D eigenvalue weighted by atomic mass is 16.5. The van der Waals surface area contributed by atoms with Gasteiger partial charge in [0, 0.05) is 5.56 Å². The first-order valence-corrected chi connectivity index (χ1v) is 9.04. The molecule has 2 rings (SSSR count). The number of rotatable bonds is 9. The van der Waals surface area contributed by atoms with E-state index in [9.17, 15) is 4.79 Å². The molecule has 0 aromatic heterocycles. The lowest BCUT2D eigenvalue weighted by atomic mass is 9.71. The molecule has 0 aliphatic carbocycles. The number of hydrogen-bond acceptors (Lipinski definition) is 2. The van der Waals surface area contributed by atoms with E-state index in [1.54, 1.807) is 0 Å². The molecule has 0 saturated heterocycles. The van der Waals surface area contributed by atoms with Gasteiger partial charge in [-0.1, -0.05) is 65.0 Å². The Hall–Kier alpha value is -1.31. The molecule has 2 nitrogen and oxygen atoms in total. The number of ether oxygens (including phenoxy) is 1. The molecule has 1 aliphatic heterocycles. The van der Waals surface area contributed by atoms with Crippen LogP contribution in [0.25, 0.3) is 0 Å². The summed E-state index contributed by atoms with van der Waals surface area (Å²) in [6, 6.07) is 6.21. The van der Waals surface area contributed by atoms with Crippen molar-refractivity contribution in [1.29, 1.82) is 0 Å². The van der Waals surface area contributed by atoms with Crippen molar-refractivity contribution < 1.29 is 9.53 Å². The van der Waals surface area contributed by atoms with Crippen LogP contribution in [0.2, 0.25) is 0 Å². The van der Waals surface area contributed by atoms with Gasteiger partial charge in [0.05, 0.1) is 5.41 Å². The fourth-order valence-electron chi connectivity index (χ4n) is 3.62. The number of aryl methyl sites for hydroxylation is 1. The van der Waals surface area contributed by atoms with Crippen LogP contribution in [0.3, 0.4) is 0 Å². The number of benzene rings is 1.